The van der Waals surface area contributed by atoms with Gasteiger partial charge in [-0.2, -0.15) is 11.8 Å². The molecule has 0 bridgehead atoms. The molecule has 0 aliphatic heterocycles. The van der Waals surface area contributed by atoms with Crippen LogP contribution in [-0.4, -0.2) is 16.8 Å². The Morgan fingerprint density at radius 1 is 1.46 bits per heavy atom. The summed E-state index contributed by atoms with van der Waals surface area (Å²) in [5, 5.41) is 0.526. The molecule has 1 nitrogen and oxygen atoms in total. The second-order valence-corrected chi connectivity index (χ2v) is 5.67. The van der Waals surface area contributed by atoms with Gasteiger partial charge in [0.05, 0.1) is 0 Å². The molecule has 1 saturated carbocycles. The summed E-state index contributed by atoms with van der Waals surface area (Å²) in [6.45, 7) is 3.85. The first-order valence-electron chi connectivity index (χ1n) is 5.29. The number of carbonyl (C=O) groups is 1. The van der Waals surface area contributed by atoms with Gasteiger partial charge >= 0.3 is 0 Å². The first-order valence-corrected chi connectivity index (χ1v) is 6.34. The maximum atomic E-state index is 10.8. The first-order chi connectivity index (χ1) is 6.18. The van der Waals surface area contributed by atoms with Crippen molar-refractivity contribution < 1.29 is 4.79 Å². The van der Waals surface area contributed by atoms with E-state index in [1.54, 1.807) is 6.92 Å². The number of Topliss-reactive ketones (excluding diaryl/α,β-unsaturated/α-hetero) is 1. The lowest BCUT2D eigenvalue weighted by molar-refractivity contribution is -0.116. The van der Waals surface area contributed by atoms with Gasteiger partial charge in [0, 0.05) is 11.7 Å². The molecule has 1 aliphatic carbocycles. The topological polar surface area (TPSA) is 17.1 Å². The van der Waals surface area contributed by atoms with E-state index < -0.39 is 0 Å². The molecule has 1 aliphatic rings. The molecule has 13 heavy (non-hydrogen) atoms. The minimum absolute atomic E-state index is 0.325. The van der Waals surface area contributed by atoms with E-state index in [0.717, 1.165) is 12.3 Å². The van der Waals surface area contributed by atoms with Gasteiger partial charge in [-0.05, 0) is 31.4 Å². The summed E-state index contributed by atoms with van der Waals surface area (Å²) in [5.74, 6) is 2.54. The molecule has 1 unspecified atom stereocenters. The summed E-state index contributed by atoms with van der Waals surface area (Å²) in [7, 11) is 0. The predicted molar refractivity (Wildman–Crippen MR) is 59.2 cm³/mol. The quantitative estimate of drug-likeness (QED) is 0.677. The molecule has 1 atom stereocenters. The molecule has 0 amide bonds. The fourth-order valence-corrected chi connectivity index (χ4v) is 3.23. The summed E-state index contributed by atoms with van der Waals surface area (Å²) in [6.07, 6.45) is 6.43. The molecular weight excluding hydrogens is 180 g/mol. The lowest BCUT2D eigenvalue weighted by Crippen LogP contribution is -2.07. The third-order valence-electron chi connectivity index (χ3n) is 2.67. The van der Waals surface area contributed by atoms with Crippen LogP contribution in [0.15, 0.2) is 0 Å². The molecule has 0 N–H and O–H groups in total. The molecule has 0 radical (unpaired) electrons. The zero-order valence-corrected chi connectivity index (χ0v) is 9.53. The van der Waals surface area contributed by atoms with Gasteiger partial charge in [-0.25, -0.2) is 0 Å². The number of hydrogen-bond acceptors (Lipinski definition) is 2. The third-order valence-corrected chi connectivity index (χ3v) is 4.07. The molecule has 1 rings (SSSR count). The number of hydrogen-bond donors (Lipinski definition) is 0. The van der Waals surface area contributed by atoms with Gasteiger partial charge < -0.3 is 0 Å². The van der Waals surface area contributed by atoms with E-state index in [-0.39, 0.29) is 0 Å². The zero-order chi connectivity index (χ0) is 9.68. The fraction of sp³-hybridized carbons (Fsp3) is 0.909. The van der Waals surface area contributed by atoms with Crippen LogP contribution in [-0.2, 0) is 4.79 Å². The minimum Gasteiger partial charge on any atom is -0.300 e. The van der Waals surface area contributed by atoms with E-state index in [2.05, 4.69) is 6.92 Å². The van der Waals surface area contributed by atoms with Gasteiger partial charge in [-0.1, -0.05) is 19.8 Å². The van der Waals surface area contributed by atoms with Crippen LogP contribution in [0.4, 0.5) is 0 Å². The van der Waals surface area contributed by atoms with Gasteiger partial charge in [-0.3, -0.25) is 4.79 Å². The van der Waals surface area contributed by atoms with Crippen LogP contribution in [0.3, 0.4) is 0 Å². The molecule has 0 aromatic rings. The van der Waals surface area contributed by atoms with E-state index in [0.29, 0.717) is 11.0 Å². The number of carbonyl (C=O) groups excluding carboxylic acids is 1. The molecule has 76 valence electrons. The number of thioether (sulfide) groups is 1. The summed E-state index contributed by atoms with van der Waals surface area (Å²) in [6, 6.07) is 0. The zero-order valence-electron chi connectivity index (χ0n) is 8.71. The van der Waals surface area contributed by atoms with Gasteiger partial charge in [-0.15, -0.1) is 0 Å². The Bertz CT molecular complexity index is 161. The first kappa shape index (κ1) is 11.1. The summed E-state index contributed by atoms with van der Waals surface area (Å²) < 4.78 is 0. The van der Waals surface area contributed by atoms with E-state index in [1.807, 2.05) is 11.8 Å². The highest BCUT2D eigenvalue weighted by Crippen LogP contribution is 2.29. The third kappa shape index (κ3) is 4.70. The number of rotatable bonds is 5. The Kier molecular flexibility index (Phi) is 4.86. The summed E-state index contributed by atoms with van der Waals surface area (Å²) >= 11 is 1.98. The van der Waals surface area contributed by atoms with Gasteiger partial charge in [0.15, 0.2) is 0 Å². The van der Waals surface area contributed by atoms with Crippen molar-refractivity contribution in [2.24, 2.45) is 5.92 Å². The Hall–Kier alpha value is 0.0200. The molecule has 0 aromatic carbocycles. The predicted octanol–water partition coefficient (Wildman–Crippen LogP) is 3.28. The summed E-state index contributed by atoms with van der Waals surface area (Å²) in [5.41, 5.74) is 0. The monoisotopic (exact) mass is 200 g/mol. The Labute approximate surface area is 85.7 Å². The lowest BCUT2D eigenvalue weighted by Gasteiger charge is -2.12. The molecule has 0 saturated heterocycles. The second kappa shape index (κ2) is 5.69. The smallest absolute Gasteiger partial charge is 0.130 e. The van der Waals surface area contributed by atoms with E-state index in [1.165, 1.54) is 31.4 Å². The van der Waals surface area contributed by atoms with Crippen molar-refractivity contribution in [2.75, 3.05) is 5.75 Å². The van der Waals surface area contributed by atoms with Crippen LogP contribution in [0.25, 0.3) is 0 Å². The normalized spacial score (nSPS) is 20.5. The average molecular weight is 200 g/mol. The van der Waals surface area contributed by atoms with Crippen LogP contribution in [0.1, 0.15) is 46.0 Å². The van der Waals surface area contributed by atoms with Crippen molar-refractivity contribution in [3.63, 3.8) is 0 Å². The SMILES string of the molecule is CC(=O)CC(C)SCC1CCCC1. The van der Waals surface area contributed by atoms with Crippen molar-refractivity contribution in [2.45, 2.75) is 51.2 Å². The molecule has 2 heteroatoms. The van der Waals surface area contributed by atoms with Crippen molar-refractivity contribution >= 4 is 17.5 Å². The average Bonchev–Trinajstić information content (AvgIpc) is 2.51. The minimum atomic E-state index is 0.325. The largest absolute Gasteiger partial charge is 0.300 e. The van der Waals surface area contributed by atoms with Crippen LogP contribution in [0.5, 0.6) is 0 Å². The lowest BCUT2D eigenvalue weighted by atomic mass is 10.1. The maximum Gasteiger partial charge on any atom is 0.130 e. The molecule has 0 aromatic heterocycles. The van der Waals surface area contributed by atoms with Crippen molar-refractivity contribution in [1.29, 1.82) is 0 Å². The summed E-state index contributed by atoms with van der Waals surface area (Å²) in [4.78, 5) is 10.8. The van der Waals surface area contributed by atoms with E-state index >= 15 is 0 Å². The van der Waals surface area contributed by atoms with Crippen molar-refractivity contribution in [1.82, 2.24) is 0 Å². The maximum absolute atomic E-state index is 10.8. The molecule has 1 fully saturated rings. The Morgan fingerprint density at radius 3 is 2.62 bits per heavy atom. The van der Waals surface area contributed by atoms with Crippen molar-refractivity contribution in [3.05, 3.63) is 0 Å². The van der Waals surface area contributed by atoms with Crippen LogP contribution >= 0.6 is 11.8 Å². The molecule has 0 heterocycles. The van der Waals surface area contributed by atoms with Gasteiger partial charge in [0.25, 0.3) is 0 Å². The standard InChI is InChI=1S/C11H20OS/c1-9(12)7-10(2)13-8-11-5-3-4-6-11/h10-11H,3-8H2,1-2H3. The fourth-order valence-electron chi connectivity index (χ4n) is 1.94. The second-order valence-electron chi connectivity index (χ2n) is 4.20. The van der Waals surface area contributed by atoms with Gasteiger partial charge in [0.1, 0.15) is 5.78 Å². The highest BCUT2D eigenvalue weighted by molar-refractivity contribution is 7.99. The Balaban J connectivity index is 2.06. The highest BCUT2D eigenvalue weighted by atomic mass is 32.2. The van der Waals surface area contributed by atoms with E-state index in [9.17, 15) is 4.79 Å². The Morgan fingerprint density at radius 2 is 2.08 bits per heavy atom. The van der Waals surface area contributed by atoms with Crippen LogP contribution in [0.2, 0.25) is 0 Å². The molecule has 0 spiro atoms. The van der Waals surface area contributed by atoms with E-state index in [4.69, 9.17) is 0 Å². The number of ketones is 1. The molecular formula is C11H20OS. The van der Waals surface area contributed by atoms with Crippen LogP contribution < -0.4 is 0 Å². The van der Waals surface area contributed by atoms with Gasteiger partial charge in [0.2, 0.25) is 0 Å². The van der Waals surface area contributed by atoms with Crippen molar-refractivity contribution in [3.8, 4) is 0 Å². The highest BCUT2D eigenvalue weighted by Gasteiger charge is 2.16. The van der Waals surface area contributed by atoms with Crippen LogP contribution in [0, 0.1) is 5.92 Å².